The number of benzene rings is 2. The van der Waals surface area contributed by atoms with Crippen molar-refractivity contribution in [3.8, 4) is 11.5 Å². The third-order valence-electron chi connectivity index (χ3n) is 4.53. The summed E-state index contributed by atoms with van der Waals surface area (Å²) in [4.78, 5) is 36.7. The lowest BCUT2D eigenvalue weighted by atomic mass is 10.2. The third-order valence-corrected chi connectivity index (χ3v) is 6.20. The van der Waals surface area contributed by atoms with Gasteiger partial charge in [0.05, 0.1) is 18.2 Å². The Kier molecular flexibility index (Phi) is 6.77. The van der Waals surface area contributed by atoms with Gasteiger partial charge in [0.2, 0.25) is 0 Å². The topological polar surface area (TPSA) is 103 Å². The van der Waals surface area contributed by atoms with E-state index in [1.165, 1.54) is 11.3 Å². The van der Waals surface area contributed by atoms with Gasteiger partial charge in [-0.1, -0.05) is 29.8 Å². The van der Waals surface area contributed by atoms with Crippen LogP contribution in [0.4, 0.5) is 5.69 Å². The molecule has 0 saturated carbocycles. The van der Waals surface area contributed by atoms with Crippen LogP contribution in [0.3, 0.4) is 0 Å². The van der Waals surface area contributed by atoms with Gasteiger partial charge >= 0.3 is 5.97 Å². The molecule has 2 N–H and O–H groups in total. The minimum atomic E-state index is -0.746. The van der Waals surface area contributed by atoms with Crippen molar-refractivity contribution < 1.29 is 28.6 Å². The van der Waals surface area contributed by atoms with E-state index in [4.69, 9.17) is 25.8 Å². The average Bonchev–Trinajstić information content (AvgIpc) is 2.96. The quantitative estimate of drug-likeness (QED) is 0.529. The molecule has 2 aromatic carbocycles. The summed E-state index contributed by atoms with van der Waals surface area (Å²) < 4.78 is 16.9. The van der Waals surface area contributed by atoms with Crippen molar-refractivity contribution in [3.63, 3.8) is 0 Å². The van der Waals surface area contributed by atoms with E-state index in [2.05, 4.69) is 10.6 Å². The number of halogens is 1. The maximum atomic E-state index is 12.4. The zero-order valence-electron chi connectivity index (χ0n) is 16.8. The van der Waals surface area contributed by atoms with E-state index in [1.54, 1.807) is 18.2 Å². The molecule has 0 fully saturated rings. The number of rotatable bonds is 6. The first-order valence-corrected chi connectivity index (χ1v) is 11.0. The smallest absolute Gasteiger partial charge is 0.325 e. The predicted molar refractivity (Wildman–Crippen MR) is 121 cm³/mol. The van der Waals surface area contributed by atoms with Gasteiger partial charge in [0, 0.05) is 28.3 Å². The molecular weight excluding hydrogens is 456 g/mol. The number of thiophene rings is 1. The maximum absolute atomic E-state index is 12.4. The molecule has 1 aliphatic heterocycles. The molecule has 32 heavy (non-hydrogen) atoms. The van der Waals surface area contributed by atoms with Crippen LogP contribution in [0.15, 0.2) is 42.5 Å². The summed E-state index contributed by atoms with van der Waals surface area (Å²) >= 11 is 7.50. The molecule has 2 heterocycles. The Hall–Kier alpha value is -3.30. The fourth-order valence-corrected chi connectivity index (χ4v) is 4.46. The highest BCUT2D eigenvalue weighted by Gasteiger charge is 2.18. The molecule has 2 amide bonds. The van der Waals surface area contributed by atoms with Crippen molar-refractivity contribution in [3.05, 3.63) is 52.4 Å². The highest BCUT2D eigenvalue weighted by molar-refractivity contribution is 7.21. The van der Waals surface area contributed by atoms with Crippen LogP contribution in [0.2, 0.25) is 5.02 Å². The molecule has 0 spiro atoms. The number of fused-ring (bicyclic) bond motifs is 2. The van der Waals surface area contributed by atoms with Crippen LogP contribution >= 0.6 is 22.9 Å². The minimum Gasteiger partial charge on any atom is -0.490 e. The third kappa shape index (κ3) is 5.12. The lowest BCUT2D eigenvalue weighted by Crippen LogP contribution is -2.32. The van der Waals surface area contributed by atoms with Gasteiger partial charge in [-0.15, -0.1) is 11.3 Å². The van der Waals surface area contributed by atoms with Crippen LogP contribution < -0.4 is 20.1 Å². The largest absolute Gasteiger partial charge is 0.490 e. The molecule has 1 aromatic heterocycles. The Morgan fingerprint density at radius 1 is 1.06 bits per heavy atom. The Morgan fingerprint density at radius 2 is 1.84 bits per heavy atom. The molecule has 0 atom stereocenters. The summed E-state index contributed by atoms with van der Waals surface area (Å²) in [5.41, 5.74) is 0.489. The van der Waals surface area contributed by atoms with E-state index in [1.807, 2.05) is 24.3 Å². The molecule has 10 heteroatoms. The molecule has 0 unspecified atom stereocenters. The van der Waals surface area contributed by atoms with E-state index in [9.17, 15) is 14.4 Å². The molecule has 4 rings (SSSR count). The van der Waals surface area contributed by atoms with E-state index >= 15 is 0 Å². The molecular formula is C22H19ClN2O6S. The lowest BCUT2D eigenvalue weighted by molar-refractivity contribution is -0.146. The van der Waals surface area contributed by atoms with Crippen molar-refractivity contribution in [1.82, 2.24) is 5.32 Å². The number of carbonyl (C=O) groups is 3. The Balaban J connectivity index is 1.25. The van der Waals surface area contributed by atoms with Crippen molar-refractivity contribution >= 4 is 56.5 Å². The molecule has 3 aromatic rings. The second kappa shape index (κ2) is 9.88. The SMILES string of the molecule is O=C(COC(=O)CNC(=O)c1sc2ccccc2c1Cl)Nc1ccc2c(c1)OCCCO2. The maximum Gasteiger partial charge on any atom is 0.325 e. The second-order valence-electron chi connectivity index (χ2n) is 6.84. The van der Waals surface area contributed by atoms with E-state index in [-0.39, 0.29) is 6.54 Å². The van der Waals surface area contributed by atoms with Crippen LogP contribution in [0.25, 0.3) is 10.1 Å². The molecule has 0 radical (unpaired) electrons. The van der Waals surface area contributed by atoms with Crippen molar-refractivity contribution in [1.29, 1.82) is 0 Å². The van der Waals surface area contributed by atoms with Crippen LogP contribution in [0, 0.1) is 0 Å². The first-order valence-electron chi connectivity index (χ1n) is 9.81. The number of esters is 1. The molecule has 8 nitrogen and oxygen atoms in total. The number of hydrogen-bond acceptors (Lipinski definition) is 7. The summed E-state index contributed by atoms with van der Waals surface area (Å²) in [6.45, 7) is 0.217. The first kappa shape index (κ1) is 21.9. The summed E-state index contributed by atoms with van der Waals surface area (Å²) in [5.74, 6) is -0.595. The van der Waals surface area contributed by atoms with E-state index < -0.39 is 24.4 Å². The summed E-state index contributed by atoms with van der Waals surface area (Å²) in [6, 6.07) is 12.4. The van der Waals surface area contributed by atoms with Crippen LogP contribution in [-0.4, -0.2) is 44.1 Å². The zero-order valence-corrected chi connectivity index (χ0v) is 18.4. The Bertz CT molecular complexity index is 1180. The standard InChI is InChI=1S/C22H19ClN2O6S/c23-20-14-4-1-2-5-17(14)32-21(20)22(28)24-11-19(27)31-12-18(26)25-13-6-7-15-16(10-13)30-9-3-8-29-15/h1-2,4-7,10H,3,8-9,11-12H2,(H,24,28)(H,25,26). The number of hydrogen-bond donors (Lipinski definition) is 2. The first-order chi connectivity index (χ1) is 15.5. The fraction of sp³-hybridized carbons (Fsp3) is 0.227. The van der Waals surface area contributed by atoms with Crippen LogP contribution in [-0.2, 0) is 14.3 Å². The molecule has 0 saturated heterocycles. The van der Waals surface area contributed by atoms with Gasteiger partial charge in [-0.3, -0.25) is 14.4 Å². The highest BCUT2D eigenvalue weighted by atomic mass is 35.5. The number of amides is 2. The fourth-order valence-electron chi connectivity index (χ4n) is 3.03. The summed E-state index contributed by atoms with van der Waals surface area (Å²) in [6.07, 6.45) is 0.776. The highest BCUT2D eigenvalue weighted by Crippen LogP contribution is 2.35. The zero-order chi connectivity index (χ0) is 22.5. The van der Waals surface area contributed by atoms with Gasteiger partial charge in [-0.2, -0.15) is 0 Å². The van der Waals surface area contributed by atoms with Crippen molar-refractivity contribution in [2.75, 3.05) is 31.7 Å². The van der Waals surface area contributed by atoms with Gasteiger partial charge < -0.3 is 24.8 Å². The van der Waals surface area contributed by atoms with Gasteiger partial charge in [-0.05, 0) is 18.2 Å². The Labute approximate surface area is 192 Å². The van der Waals surface area contributed by atoms with Gasteiger partial charge in [0.1, 0.15) is 11.4 Å². The van der Waals surface area contributed by atoms with Crippen LogP contribution in [0.5, 0.6) is 11.5 Å². The average molecular weight is 475 g/mol. The molecule has 0 aliphatic carbocycles. The van der Waals surface area contributed by atoms with Crippen molar-refractivity contribution in [2.45, 2.75) is 6.42 Å². The lowest BCUT2D eigenvalue weighted by Gasteiger charge is -2.11. The molecule has 1 aliphatic rings. The monoisotopic (exact) mass is 474 g/mol. The normalized spacial score (nSPS) is 12.7. The van der Waals surface area contributed by atoms with Gasteiger partial charge in [0.25, 0.3) is 11.8 Å². The predicted octanol–water partition coefficient (Wildman–Crippen LogP) is 3.63. The van der Waals surface area contributed by atoms with Crippen molar-refractivity contribution in [2.24, 2.45) is 0 Å². The van der Waals surface area contributed by atoms with E-state index in [0.717, 1.165) is 16.5 Å². The molecule has 166 valence electrons. The number of carbonyl (C=O) groups excluding carboxylic acids is 3. The minimum absolute atomic E-state index is 0.313. The summed E-state index contributed by atoms with van der Waals surface area (Å²) in [5, 5.41) is 6.21. The number of nitrogens with one attached hydrogen (secondary N) is 2. The number of ether oxygens (including phenoxy) is 3. The Morgan fingerprint density at radius 3 is 2.66 bits per heavy atom. The molecule has 0 bridgehead atoms. The van der Waals surface area contributed by atoms with Gasteiger partial charge in [0.15, 0.2) is 18.1 Å². The summed E-state index contributed by atoms with van der Waals surface area (Å²) in [7, 11) is 0. The van der Waals surface area contributed by atoms with E-state index in [0.29, 0.717) is 40.3 Å². The van der Waals surface area contributed by atoms with Gasteiger partial charge in [-0.25, -0.2) is 0 Å². The number of anilines is 1. The van der Waals surface area contributed by atoms with Crippen LogP contribution in [0.1, 0.15) is 16.1 Å². The second-order valence-corrected chi connectivity index (χ2v) is 8.28.